The van der Waals surface area contributed by atoms with Gasteiger partial charge in [0.05, 0.1) is 10.5 Å². The highest BCUT2D eigenvalue weighted by Crippen LogP contribution is 2.32. The van der Waals surface area contributed by atoms with Crippen LogP contribution in [-0.4, -0.2) is 27.3 Å². The zero-order valence-electron chi connectivity index (χ0n) is 13.2. The number of carbonyl (C=O) groups is 2. The molecule has 1 aliphatic heterocycles. The van der Waals surface area contributed by atoms with Gasteiger partial charge in [-0.1, -0.05) is 24.3 Å². The van der Waals surface area contributed by atoms with Gasteiger partial charge in [0.2, 0.25) is 0 Å². The molecule has 2 aromatic carbocycles. The van der Waals surface area contributed by atoms with Crippen LogP contribution in [0.2, 0.25) is 0 Å². The Morgan fingerprint density at radius 2 is 2.00 bits per heavy atom. The number of nitrogens with zero attached hydrogens (tertiary/aromatic N) is 1. The van der Waals surface area contributed by atoms with Crippen LogP contribution in [0.5, 0.6) is 5.75 Å². The van der Waals surface area contributed by atoms with Crippen molar-refractivity contribution in [2.75, 3.05) is 0 Å². The molecule has 0 unspecified atom stereocenters. The average Bonchev–Trinajstić information content (AvgIpc) is 2.91. The minimum atomic E-state index is -1.06. The number of carboxylic acid groups (broad SMARTS) is 1. The second-order valence-corrected chi connectivity index (χ2v) is 6.40. The number of aromatic hydroxyl groups is 1. The molecule has 1 heterocycles. The predicted molar refractivity (Wildman–Crippen MR) is 97.1 cm³/mol. The molecule has 25 heavy (non-hydrogen) atoms. The Hall–Kier alpha value is -3.06. The topological polar surface area (TPSA) is 99.0 Å². The lowest BCUT2D eigenvalue weighted by atomic mass is 10.1. The minimum Gasteiger partial charge on any atom is -0.506 e. The number of aromatic carboxylic acids is 1. The van der Waals surface area contributed by atoms with E-state index in [-0.39, 0.29) is 17.2 Å². The highest BCUT2D eigenvalue weighted by atomic mass is 32.2. The van der Waals surface area contributed by atoms with Crippen LogP contribution in [0.3, 0.4) is 0 Å². The lowest BCUT2D eigenvalue weighted by Crippen LogP contribution is -2.19. The summed E-state index contributed by atoms with van der Waals surface area (Å²) in [6.45, 7) is 1.87. The number of amides is 1. The van der Waals surface area contributed by atoms with Gasteiger partial charge in [0.15, 0.2) is 5.17 Å². The number of hydrogen-bond donors (Lipinski definition) is 3. The second-order valence-electron chi connectivity index (χ2n) is 5.37. The first-order valence-electron chi connectivity index (χ1n) is 7.35. The Morgan fingerprint density at radius 1 is 1.24 bits per heavy atom. The Bertz CT molecular complexity index is 934. The van der Waals surface area contributed by atoms with Gasteiger partial charge in [-0.3, -0.25) is 4.79 Å². The normalized spacial score (nSPS) is 17.1. The summed E-state index contributed by atoms with van der Waals surface area (Å²) in [5.74, 6) is -1.41. The zero-order chi connectivity index (χ0) is 18.0. The molecule has 6 nitrogen and oxygen atoms in total. The van der Waals surface area contributed by atoms with Crippen molar-refractivity contribution in [3.05, 3.63) is 64.1 Å². The van der Waals surface area contributed by atoms with Crippen LogP contribution in [0.25, 0.3) is 6.08 Å². The molecule has 0 spiro atoms. The molecule has 1 saturated heterocycles. The van der Waals surface area contributed by atoms with Crippen molar-refractivity contribution in [1.29, 1.82) is 0 Å². The quantitative estimate of drug-likeness (QED) is 0.735. The summed E-state index contributed by atoms with van der Waals surface area (Å²) in [7, 11) is 0. The van der Waals surface area contributed by atoms with Crippen molar-refractivity contribution in [2.45, 2.75) is 6.92 Å². The molecule has 0 aliphatic carbocycles. The number of phenolic OH excluding ortho intramolecular Hbond substituents is 1. The average molecular weight is 354 g/mol. The summed E-state index contributed by atoms with van der Waals surface area (Å²) in [5.41, 5.74) is 1.84. The van der Waals surface area contributed by atoms with Crippen LogP contribution in [0.1, 0.15) is 21.5 Å². The Morgan fingerprint density at radius 3 is 2.76 bits per heavy atom. The van der Waals surface area contributed by atoms with E-state index in [1.54, 1.807) is 30.3 Å². The van der Waals surface area contributed by atoms with Gasteiger partial charge in [-0.05, 0) is 54.1 Å². The van der Waals surface area contributed by atoms with E-state index in [1.165, 1.54) is 18.2 Å². The third-order valence-corrected chi connectivity index (χ3v) is 4.39. The first-order valence-corrected chi connectivity index (χ1v) is 8.17. The molecular weight excluding hydrogens is 340 g/mol. The fourth-order valence-corrected chi connectivity index (χ4v) is 3.10. The van der Waals surface area contributed by atoms with Crippen molar-refractivity contribution in [3.63, 3.8) is 0 Å². The number of phenols is 1. The van der Waals surface area contributed by atoms with Crippen LogP contribution in [-0.2, 0) is 4.79 Å². The molecule has 3 rings (SSSR count). The van der Waals surface area contributed by atoms with Gasteiger partial charge >= 0.3 is 5.97 Å². The fourth-order valence-electron chi connectivity index (χ4n) is 2.27. The molecule has 7 heteroatoms. The van der Waals surface area contributed by atoms with Crippen LogP contribution in [0.4, 0.5) is 5.69 Å². The number of carboxylic acids is 1. The van der Waals surface area contributed by atoms with E-state index in [1.807, 2.05) is 6.92 Å². The van der Waals surface area contributed by atoms with E-state index >= 15 is 0 Å². The third-order valence-electron chi connectivity index (χ3n) is 3.48. The third kappa shape index (κ3) is 3.72. The largest absolute Gasteiger partial charge is 0.506 e. The highest BCUT2D eigenvalue weighted by molar-refractivity contribution is 8.18. The lowest BCUT2D eigenvalue weighted by Gasteiger charge is -2.01. The van der Waals surface area contributed by atoms with Gasteiger partial charge in [0.1, 0.15) is 11.4 Å². The number of thioether (sulfide) groups is 1. The van der Waals surface area contributed by atoms with Crippen LogP contribution >= 0.6 is 11.8 Å². The first kappa shape index (κ1) is 16.8. The lowest BCUT2D eigenvalue weighted by molar-refractivity contribution is -0.115. The molecule has 2 aromatic rings. The molecule has 126 valence electrons. The van der Waals surface area contributed by atoms with E-state index < -0.39 is 5.97 Å². The fraction of sp³-hybridized carbons (Fsp3) is 0.0556. The SMILES string of the molecule is Cc1ccc(O)c(N=C2NC(=O)/C(=C\c3ccccc3C(=O)O)S2)c1. The molecule has 0 atom stereocenters. The maximum absolute atomic E-state index is 12.1. The molecule has 1 amide bonds. The van der Waals surface area contributed by atoms with E-state index in [2.05, 4.69) is 10.3 Å². The second kappa shape index (κ2) is 6.82. The van der Waals surface area contributed by atoms with Crippen LogP contribution < -0.4 is 5.32 Å². The molecule has 0 saturated carbocycles. The number of aryl methyl sites for hydroxylation is 1. The van der Waals surface area contributed by atoms with Crippen molar-refractivity contribution in [1.82, 2.24) is 5.32 Å². The smallest absolute Gasteiger partial charge is 0.336 e. The van der Waals surface area contributed by atoms with E-state index in [0.29, 0.717) is 21.3 Å². The van der Waals surface area contributed by atoms with Crippen molar-refractivity contribution in [2.24, 2.45) is 4.99 Å². The minimum absolute atomic E-state index is 0.0154. The molecule has 0 aromatic heterocycles. The standard InChI is InChI=1S/C18H14N2O4S/c1-10-6-7-14(21)13(8-10)19-18-20-16(22)15(25-18)9-11-4-2-3-5-12(11)17(23)24/h2-9,21H,1H3,(H,23,24)(H,19,20,22)/b15-9+. The van der Waals surface area contributed by atoms with Crippen LogP contribution in [0, 0.1) is 6.92 Å². The molecule has 0 bridgehead atoms. The summed E-state index contributed by atoms with van der Waals surface area (Å²) in [6.07, 6.45) is 1.52. The Balaban J connectivity index is 1.92. The summed E-state index contributed by atoms with van der Waals surface area (Å²) in [6, 6.07) is 11.4. The number of hydrogen-bond acceptors (Lipinski definition) is 5. The number of rotatable bonds is 3. The number of carbonyl (C=O) groups excluding carboxylic acids is 1. The van der Waals surface area contributed by atoms with Crippen LogP contribution in [0.15, 0.2) is 52.4 Å². The molecule has 1 aliphatic rings. The number of aliphatic imine (C=N–C) groups is 1. The van der Waals surface area contributed by atoms with Gasteiger partial charge in [-0.2, -0.15) is 0 Å². The zero-order valence-corrected chi connectivity index (χ0v) is 14.0. The molecule has 3 N–H and O–H groups in total. The van der Waals surface area contributed by atoms with Gasteiger partial charge < -0.3 is 15.5 Å². The van der Waals surface area contributed by atoms with Gasteiger partial charge in [-0.15, -0.1) is 0 Å². The Labute approximate surface area is 147 Å². The number of nitrogens with one attached hydrogen (secondary N) is 1. The summed E-state index contributed by atoms with van der Waals surface area (Å²) < 4.78 is 0. The maximum atomic E-state index is 12.1. The predicted octanol–water partition coefficient (Wildman–Crippen LogP) is 3.29. The molecular formula is C18H14N2O4S. The van der Waals surface area contributed by atoms with Gasteiger partial charge in [0, 0.05) is 0 Å². The van der Waals surface area contributed by atoms with Crippen molar-refractivity contribution in [3.8, 4) is 5.75 Å². The summed E-state index contributed by atoms with van der Waals surface area (Å²) in [4.78, 5) is 28.0. The summed E-state index contributed by atoms with van der Waals surface area (Å²) in [5, 5.41) is 22.0. The van der Waals surface area contributed by atoms with Crippen molar-refractivity contribution >= 4 is 40.6 Å². The first-order chi connectivity index (χ1) is 11.9. The van der Waals surface area contributed by atoms with Gasteiger partial charge in [0.25, 0.3) is 5.91 Å². The van der Waals surface area contributed by atoms with E-state index in [4.69, 9.17) is 0 Å². The number of benzene rings is 2. The monoisotopic (exact) mass is 354 g/mol. The van der Waals surface area contributed by atoms with Gasteiger partial charge in [-0.25, -0.2) is 9.79 Å². The summed E-state index contributed by atoms with van der Waals surface area (Å²) >= 11 is 1.09. The highest BCUT2D eigenvalue weighted by Gasteiger charge is 2.24. The maximum Gasteiger partial charge on any atom is 0.336 e. The van der Waals surface area contributed by atoms with Crippen molar-refractivity contribution < 1.29 is 19.8 Å². The molecule has 0 radical (unpaired) electrons. The number of amidine groups is 1. The van der Waals surface area contributed by atoms with E-state index in [9.17, 15) is 19.8 Å². The Kier molecular flexibility index (Phi) is 4.58. The molecule has 1 fully saturated rings. The van der Waals surface area contributed by atoms with E-state index in [0.717, 1.165) is 17.3 Å².